The van der Waals surface area contributed by atoms with Crippen molar-refractivity contribution in [1.29, 1.82) is 0 Å². The van der Waals surface area contributed by atoms with Gasteiger partial charge in [0.15, 0.2) is 6.10 Å². The zero-order chi connectivity index (χ0) is 16.8. The van der Waals surface area contributed by atoms with Crippen LogP contribution in [-0.2, 0) is 4.79 Å². The third-order valence-corrected chi connectivity index (χ3v) is 3.16. The number of nitrogens with two attached hydrogens (primary N) is 1. The van der Waals surface area contributed by atoms with E-state index in [4.69, 9.17) is 10.5 Å². The molecule has 23 heavy (non-hydrogen) atoms. The van der Waals surface area contributed by atoms with Gasteiger partial charge in [0.05, 0.1) is 5.71 Å². The fourth-order valence-electron chi connectivity index (χ4n) is 1.79. The number of hydrogen-bond acceptors (Lipinski definition) is 4. The molecule has 0 aromatic heterocycles. The minimum absolute atomic E-state index is 0.363. The normalized spacial score (nSPS) is 12.6. The minimum atomic E-state index is -0.761. The number of benzene rings is 2. The number of ether oxygens (including phenoxy) is 1. The van der Waals surface area contributed by atoms with Gasteiger partial charge in [-0.25, -0.2) is 9.82 Å². The summed E-state index contributed by atoms with van der Waals surface area (Å²) in [7, 11) is 0. The van der Waals surface area contributed by atoms with Gasteiger partial charge >= 0.3 is 0 Å². The van der Waals surface area contributed by atoms with Gasteiger partial charge in [0.25, 0.3) is 5.91 Å². The Bertz CT molecular complexity index is 697. The Morgan fingerprint density at radius 1 is 1.17 bits per heavy atom. The highest BCUT2D eigenvalue weighted by Gasteiger charge is 2.14. The van der Waals surface area contributed by atoms with Gasteiger partial charge in [0.1, 0.15) is 11.6 Å². The van der Waals surface area contributed by atoms with Gasteiger partial charge in [-0.2, -0.15) is 5.10 Å². The summed E-state index contributed by atoms with van der Waals surface area (Å²) in [6.07, 6.45) is -0.761. The lowest BCUT2D eigenvalue weighted by Gasteiger charge is -2.13. The van der Waals surface area contributed by atoms with E-state index < -0.39 is 12.0 Å². The second kappa shape index (κ2) is 7.40. The van der Waals surface area contributed by atoms with Crippen molar-refractivity contribution in [3.8, 4) is 5.75 Å². The Kier molecular flexibility index (Phi) is 5.30. The summed E-state index contributed by atoms with van der Waals surface area (Å²) < 4.78 is 18.2. The average Bonchev–Trinajstić information content (AvgIpc) is 2.55. The van der Waals surface area contributed by atoms with Crippen LogP contribution in [0.4, 0.5) is 10.1 Å². The molecule has 0 fully saturated rings. The highest BCUT2D eigenvalue weighted by atomic mass is 19.1. The van der Waals surface area contributed by atoms with Crippen molar-refractivity contribution in [1.82, 2.24) is 5.43 Å². The Balaban J connectivity index is 1.93. The van der Waals surface area contributed by atoms with E-state index >= 15 is 0 Å². The van der Waals surface area contributed by atoms with Gasteiger partial charge in [-0.05, 0) is 55.8 Å². The third kappa shape index (κ3) is 4.81. The summed E-state index contributed by atoms with van der Waals surface area (Å²) >= 11 is 0. The predicted octanol–water partition coefficient (Wildman–Crippen LogP) is 2.72. The van der Waals surface area contributed by atoms with Crippen molar-refractivity contribution >= 4 is 17.3 Å². The molecule has 0 aliphatic rings. The van der Waals surface area contributed by atoms with E-state index in [-0.39, 0.29) is 5.82 Å². The van der Waals surface area contributed by atoms with E-state index in [0.29, 0.717) is 17.1 Å². The van der Waals surface area contributed by atoms with Crippen LogP contribution in [0.5, 0.6) is 5.75 Å². The van der Waals surface area contributed by atoms with Crippen molar-refractivity contribution in [2.24, 2.45) is 5.10 Å². The molecule has 1 atom stereocenters. The molecule has 0 spiro atoms. The number of rotatable bonds is 5. The van der Waals surface area contributed by atoms with E-state index in [1.165, 1.54) is 24.3 Å². The lowest BCUT2D eigenvalue weighted by Crippen LogP contribution is -2.33. The number of hydrogen-bond donors (Lipinski definition) is 2. The van der Waals surface area contributed by atoms with Crippen molar-refractivity contribution < 1.29 is 13.9 Å². The number of nitrogen functional groups attached to an aromatic ring is 1. The summed E-state index contributed by atoms with van der Waals surface area (Å²) in [5.74, 6) is -0.351. The van der Waals surface area contributed by atoms with Gasteiger partial charge in [0, 0.05) is 5.69 Å². The molecule has 5 nitrogen and oxygen atoms in total. The van der Waals surface area contributed by atoms with Crippen LogP contribution in [0.15, 0.2) is 53.6 Å². The molecule has 0 aliphatic carbocycles. The van der Waals surface area contributed by atoms with Gasteiger partial charge in [-0.3, -0.25) is 4.79 Å². The average molecular weight is 315 g/mol. The molecule has 1 amide bonds. The summed E-state index contributed by atoms with van der Waals surface area (Å²) in [5, 5.41) is 4.04. The smallest absolute Gasteiger partial charge is 0.280 e. The maximum atomic E-state index is 12.8. The number of anilines is 1. The molecule has 0 aliphatic heterocycles. The van der Waals surface area contributed by atoms with Crippen molar-refractivity contribution in [3.63, 3.8) is 0 Å². The molecule has 0 radical (unpaired) electrons. The van der Waals surface area contributed by atoms with Crippen LogP contribution >= 0.6 is 0 Å². The molecule has 2 rings (SSSR count). The molecule has 0 bridgehead atoms. The molecule has 120 valence electrons. The van der Waals surface area contributed by atoms with Crippen molar-refractivity contribution in [2.45, 2.75) is 20.0 Å². The number of amides is 1. The van der Waals surface area contributed by atoms with Crippen LogP contribution in [0.25, 0.3) is 0 Å². The quantitative estimate of drug-likeness (QED) is 0.506. The van der Waals surface area contributed by atoms with E-state index in [1.807, 2.05) is 12.1 Å². The maximum Gasteiger partial charge on any atom is 0.280 e. The summed E-state index contributed by atoms with van der Waals surface area (Å²) in [4.78, 5) is 12.0. The fourth-order valence-corrected chi connectivity index (χ4v) is 1.79. The molecular weight excluding hydrogens is 297 g/mol. The second-order valence-electron chi connectivity index (χ2n) is 5.01. The van der Waals surface area contributed by atoms with Crippen LogP contribution in [0.2, 0.25) is 0 Å². The molecular formula is C17H18FN3O2. The predicted molar refractivity (Wildman–Crippen MR) is 87.7 cm³/mol. The monoisotopic (exact) mass is 315 g/mol. The topological polar surface area (TPSA) is 76.7 Å². The molecule has 0 saturated heterocycles. The molecule has 3 N–H and O–H groups in total. The first-order chi connectivity index (χ1) is 11.0. The van der Waals surface area contributed by atoms with E-state index in [1.54, 1.807) is 26.0 Å². The van der Waals surface area contributed by atoms with Gasteiger partial charge in [-0.15, -0.1) is 0 Å². The molecule has 0 unspecified atom stereocenters. The van der Waals surface area contributed by atoms with Crippen molar-refractivity contribution in [3.05, 3.63) is 59.9 Å². The van der Waals surface area contributed by atoms with Crippen molar-refractivity contribution in [2.75, 3.05) is 5.73 Å². The van der Waals surface area contributed by atoms with Gasteiger partial charge in [0.2, 0.25) is 0 Å². The Morgan fingerprint density at radius 2 is 1.78 bits per heavy atom. The lowest BCUT2D eigenvalue weighted by atomic mass is 10.1. The van der Waals surface area contributed by atoms with E-state index in [9.17, 15) is 9.18 Å². The Hall–Kier alpha value is -2.89. The summed E-state index contributed by atoms with van der Waals surface area (Å²) in [6, 6.07) is 12.6. The first-order valence-corrected chi connectivity index (χ1v) is 7.08. The number of halogens is 1. The van der Waals surface area contributed by atoms with Crippen LogP contribution in [0.1, 0.15) is 19.4 Å². The van der Waals surface area contributed by atoms with Crippen LogP contribution in [0, 0.1) is 5.82 Å². The van der Waals surface area contributed by atoms with Crippen LogP contribution in [-0.4, -0.2) is 17.7 Å². The molecule has 0 heterocycles. The molecule has 6 heteroatoms. The SMILES string of the molecule is C/C(=N/NC(=O)[C@H](C)Oc1ccc(F)cc1)c1ccc(N)cc1. The molecule has 0 saturated carbocycles. The lowest BCUT2D eigenvalue weighted by molar-refractivity contribution is -0.127. The highest BCUT2D eigenvalue weighted by molar-refractivity contribution is 5.99. The Morgan fingerprint density at radius 3 is 2.39 bits per heavy atom. The molecule has 2 aromatic carbocycles. The largest absolute Gasteiger partial charge is 0.481 e. The zero-order valence-electron chi connectivity index (χ0n) is 12.9. The van der Waals surface area contributed by atoms with E-state index in [2.05, 4.69) is 10.5 Å². The number of nitrogens with one attached hydrogen (secondary N) is 1. The minimum Gasteiger partial charge on any atom is -0.481 e. The first-order valence-electron chi connectivity index (χ1n) is 7.08. The van der Waals surface area contributed by atoms with Gasteiger partial charge in [-0.1, -0.05) is 12.1 Å². The summed E-state index contributed by atoms with van der Waals surface area (Å²) in [6.45, 7) is 3.37. The highest BCUT2D eigenvalue weighted by Crippen LogP contribution is 2.13. The number of carbonyl (C=O) groups excluding carboxylic acids is 1. The zero-order valence-corrected chi connectivity index (χ0v) is 12.9. The van der Waals surface area contributed by atoms with Crippen LogP contribution < -0.4 is 15.9 Å². The third-order valence-electron chi connectivity index (χ3n) is 3.16. The standard InChI is InChI=1S/C17H18FN3O2/c1-11(13-3-7-15(19)8-4-13)20-21-17(22)12(2)23-16-9-5-14(18)6-10-16/h3-10,12H,19H2,1-2H3,(H,21,22)/b20-11-/t12-/m0/s1. The van der Waals surface area contributed by atoms with Crippen LogP contribution in [0.3, 0.4) is 0 Å². The van der Waals surface area contributed by atoms with E-state index in [0.717, 1.165) is 5.56 Å². The van der Waals surface area contributed by atoms with Gasteiger partial charge < -0.3 is 10.5 Å². The fraction of sp³-hybridized carbons (Fsp3) is 0.176. The maximum absolute atomic E-state index is 12.8. The number of hydrazone groups is 1. The molecule has 2 aromatic rings. The number of carbonyl (C=O) groups is 1. The summed E-state index contributed by atoms with van der Waals surface area (Å²) in [5.41, 5.74) is 10.2. The Labute approximate surface area is 134 Å². The second-order valence-corrected chi connectivity index (χ2v) is 5.01. The number of nitrogens with zero attached hydrogens (tertiary/aromatic N) is 1. The first kappa shape index (κ1) is 16.5.